The Morgan fingerprint density at radius 1 is 1.20 bits per heavy atom. The molecule has 20 heavy (non-hydrogen) atoms. The fourth-order valence-corrected chi connectivity index (χ4v) is 2.10. The molecule has 7 nitrogen and oxygen atoms in total. The van der Waals surface area contributed by atoms with E-state index < -0.39 is 0 Å². The van der Waals surface area contributed by atoms with E-state index in [1.54, 1.807) is 19.2 Å². The van der Waals surface area contributed by atoms with Crippen molar-refractivity contribution in [2.75, 3.05) is 27.4 Å². The summed E-state index contributed by atoms with van der Waals surface area (Å²) in [5.41, 5.74) is 0.644. The number of ether oxygens (including phenoxy) is 3. The van der Waals surface area contributed by atoms with E-state index in [0.717, 1.165) is 13.0 Å². The van der Waals surface area contributed by atoms with E-state index in [0.29, 0.717) is 35.6 Å². The predicted molar refractivity (Wildman–Crippen MR) is 68.8 cm³/mol. The van der Waals surface area contributed by atoms with Crippen molar-refractivity contribution in [3.05, 3.63) is 18.0 Å². The molecule has 0 spiro atoms. The maximum absolute atomic E-state index is 5.33. The quantitative estimate of drug-likeness (QED) is 0.840. The molecule has 1 fully saturated rings. The van der Waals surface area contributed by atoms with E-state index in [-0.39, 0.29) is 5.92 Å². The van der Waals surface area contributed by atoms with Gasteiger partial charge in [-0.2, -0.15) is 9.97 Å². The van der Waals surface area contributed by atoms with Crippen LogP contribution in [0.3, 0.4) is 0 Å². The summed E-state index contributed by atoms with van der Waals surface area (Å²) in [6, 6.07) is 3.51. The van der Waals surface area contributed by atoms with E-state index in [2.05, 4.69) is 15.1 Å². The molecule has 0 bridgehead atoms. The lowest BCUT2D eigenvalue weighted by Crippen LogP contribution is -2.00. The summed E-state index contributed by atoms with van der Waals surface area (Å²) >= 11 is 0. The zero-order valence-corrected chi connectivity index (χ0v) is 11.3. The highest BCUT2D eigenvalue weighted by atomic mass is 16.5. The Bertz CT molecular complexity index is 593. The summed E-state index contributed by atoms with van der Waals surface area (Å²) in [5.74, 6) is 2.11. The van der Waals surface area contributed by atoms with Gasteiger partial charge in [-0.05, 0) is 12.5 Å². The molecule has 0 aromatic carbocycles. The van der Waals surface area contributed by atoms with E-state index in [1.807, 2.05) is 0 Å². The van der Waals surface area contributed by atoms with Gasteiger partial charge in [-0.3, -0.25) is 0 Å². The van der Waals surface area contributed by atoms with Crippen LogP contribution in [0.5, 0.6) is 11.8 Å². The molecule has 3 heterocycles. The van der Waals surface area contributed by atoms with Gasteiger partial charge < -0.3 is 18.7 Å². The van der Waals surface area contributed by atoms with Crippen molar-refractivity contribution in [3.63, 3.8) is 0 Å². The standard InChI is InChI=1S/C13H15N3O4/c1-17-10-4-3-9(12(14-10)18-2)13-15-11(16-20-13)8-5-6-19-7-8/h3-4,8H,5-7H2,1-2H3/t8-/m0/s1. The Hall–Kier alpha value is -2.15. The molecular formula is C13H15N3O4. The van der Waals surface area contributed by atoms with Gasteiger partial charge in [0.25, 0.3) is 5.89 Å². The highest BCUT2D eigenvalue weighted by molar-refractivity contribution is 5.60. The van der Waals surface area contributed by atoms with Crippen LogP contribution >= 0.6 is 0 Å². The highest BCUT2D eigenvalue weighted by Gasteiger charge is 2.24. The molecule has 2 aromatic heterocycles. The molecular weight excluding hydrogens is 262 g/mol. The van der Waals surface area contributed by atoms with Crippen molar-refractivity contribution in [2.24, 2.45) is 0 Å². The molecule has 1 aliphatic heterocycles. The lowest BCUT2D eigenvalue weighted by atomic mass is 10.1. The van der Waals surface area contributed by atoms with E-state index in [4.69, 9.17) is 18.7 Å². The fourth-order valence-electron chi connectivity index (χ4n) is 2.10. The van der Waals surface area contributed by atoms with Crippen LogP contribution in [-0.2, 0) is 4.74 Å². The number of aromatic nitrogens is 3. The van der Waals surface area contributed by atoms with Gasteiger partial charge in [0.05, 0.1) is 20.8 Å². The minimum absolute atomic E-state index is 0.199. The number of hydrogen-bond donors (Lipinski definition) is 0. The van der Waals surface area contributed by atoms with E-state index >= 15 is 0 Å². The molecule has 1 aliphatic rings. The van der Waals surface area contributed by atoms with Crippen LogP contribution in [0.1, 0.15) is 18.2 Å². The van der Waals surface area contributed by atoms with Gasteiger partial charge in [0, 0.05) is 18.6 Å². The fraction of sp³-hybridized carbons (Fsp3) is 0.462. The normalized spacial score (nSPS) is 18.2. The molecule has 1 saturated heterocycles. The molecule has 7 heteroatoms. The summed E-state index contributed by atoms with van der Waals surface area (Å²) in [6.45, 7) is 1.37. The molecule has 0 N–H and O–H groups in total. The van der Waals surface area contributed by atoms with Crippen LogP contribution in [0.25, 0.3) is 11.5 Å². The molecule has 0 unspecified atom stereocenters. The topological polar surface area (TPSA) is 79.5 Å². The summed E-state index contributed by atoms with van der Waals surface area (Å²) in [6.07, 6.45) is 0.914. The summed E-state index contributed by atoms with van der Waals surface area (Å²) in [5, 5.41) is 4.01. The summed E-state index contributed by atoms with van der Waals surface area (Å²) in [7, 11) is 3.08. The van der Waals surface area contributed by atoms with Gasteiger partial charge in [-0.25, -0.2) is 0 Å². The third-order valence-corrected chi connectivity index (χ3v) is 3.20. The maximum atomic E-state index is 5.33. The number of rotatable bonds is 4. The first-order valence-electron chi connectivity index (χ1n) is 6.32. The Kier molecular flexibility index (Phi) is 3.51. The number of nitrogens with zero attached hydrogens (tertiary/aromatic N) is 3. The SMILES string of the molecule is COc1ccc(-c2nc([C@H]3CCOC3)no2)c(OC)n1. The highest BCUT2D eigenvalue weighted by Crippen LogP contribution is 2.31. The summed E-state index contributed by atoms with van der Waals surface area (Å²) in [4.78, 5) is 8.60. The lowest BCUT2D eigenvalue weighted by Gasteiger charge is -2.05. The third-order valence-electron chi connectivity index (χ3n) is 3.20. The van der Waals surface area contributed by atoms with Crippen molar-refractivity contribution in [1.82, 2.24) is 15.1 Å². The van der Waals surface area contributed by atoms with Gasteiger partial charge >= 0.3 is 0 Å². The van der Waals surface area contributed by atoms with Crippen LogP contribution in [-0.4, -0.2) is 42.6 Å². The Morgan fingerprint density at radius 3 is 2.80 bits per heavy atom. The van der Waals surface area contributed by atoms with Gasteiger partial charge in [-0.1, -0.05) is 5.16 Å². The van der Waals surface area contributed by atoms with Crippen molar-refractivity contribution >= 4 is 0 Å². The van der Waals surface area contributed by atoms with Crippen LogP contribution in [0, 0.1) is 0 Å². The second-order valence-electron chi connectivity index (χ2n) is 4.43. The Balaban J connectivity index is 1.92. The zero-order chi connectivity index (χ0) is 13.9. The van der Waals surface area contributed by atoms with Gasteiger partial charge in [-0.15, -0.1) is 0 Å². The van der Waals surface area contributed by atoms with Crippen molar-refractivity contribution in [2.45, 2.75) is 12.3 Å². The van der Waals surface area contributed by atoms with Crippen LogP contribution in [0.2, 0.25) is 0 Å². The zero-order valence-electron chi connectivity index (χ0n) is 11.3. The smallest absolute Gasteiger partial charge is 0.263 e. The number of methoxy groups -OCH3 is 2. The average molecular weight is 277 g/mol. The maximum Gasteiger partial charge on any atom is 0.263 e. The van der Waals surface area contributed by atoms with Gasteiger partial charge in [0.1, 0.15) is 5.56 Å². The number of hydrogen-bond acceptors (Lipinski definition) is 7. The molecule has 3 rings (SSSR count). The molecule has 1 atom stereocenters. The minimum Gasteiger partial charge on any atom is -0.481 e. The van der Waals surface area contributed by atoms with Gasteiger partial charge in [0.15, 0.2) is 5.82 Å². The molecule has 0 amide bonds. The van der Waals surface area contributed by atoms with Crippen molar-refractivity contribution < 1.29 is 18.7 Å². The Labute approximate surface area is 115 Å². The average Bonchev–Trinajstić information content (AvgIpc) is 3.17. The molecule has 0 saturated carbocycles. The molecule has 2 aromatic rings. The van der Waals surface area contributed by atoms with Crippen LogP contribution in [0.4, 0.5) is 0 Å². The van der Waals surface area contributed by atoms with Crippen LogP contribution < -0.4 is 9.47 Å². The summed E-state index contributed by atoms with van der Waals surface area (Å²) < 4.78 is 20.9. The molecule has 0 radical (unpaired) electrons. The monoisotopic (exact) mass is 277 g/mol. The van der Waals surface area contributed by atoms with Crippen LogP contribution in [0.15, 0.2) is 16.7 Å². The number of pyridine rings is 1. The predicted octanol–water partition coefficient (Wildman–Crippen LogP) is 1.65. The van der Waals surface area contributed by atoms with Crippen molar-refractivity contribution in [1.29, 1.82) is 0 Å². The van der Waals surface area contributed by atoms with Crippen molar-refractivity contribution in [3.8, 4) is 23.2 Å². The van der Waals surface area contributed by atoms with E-state index in [1.165, 1.54) is 7.11 Å². The largest absolute Gasteiger partial charge is 0.481 e. The molecule has 0 aliphatic carbocycles. The lowest BCUT2D eigenvalue weighted by molar-refractivity contribution is 0.192. The minimum atomic E-state index is 0.199. The first kappa shape index (κ1) is 12.9. The van der Waals surface area contributed by atoms with E-state index in [9.17, 15) is 0 Å². The first-order chi connectivity index (χ1) is 9.81. The second kappa shape index (κ2) is 5.46. The first-order valence-corrected chi connectivity index (χ1v) is 6.32. The van der Waals surface area contributed by atoms with Gasteiger partial charge in [0.2, 0.25) is 11.8 Å². The molecule has 106 valence electrons. The third kappa shape index (κ3) is 2.32. The second-order valence-corrected chi connectivity index (χ2v) is 4.43. The Morgan fingerprint density at radius 2 is 2.10 bits per heavy atom.